The van der Waals surface area contributed by atoms with Crippen LogP contribution in [-0.2, 0) is 22.0 Å². The van der Waals surface area contributed by atoms with Gasteiger partial charge >= 0.3 is 5.92 Å². The summed E-state index contributed by atoms with van der Waals surface area (Å²) >= 11 is 0. The molecule has 86 valence electrons. The molecule has 0 bridgehead atoms. The molecular formula is C6H8ClF2N3O2S. The molecule has 15 heavy (non-hydrogen) atoms. The summed E-state index contributed by atoms with van der Waals surface area (Å²) in [6, 6.07) is 0. The zero-order valence-electron chi connectivity index (χ0n) is 7.91. The first kappa shape index (κ1) is 12.3. The molecule has 0 aliphatic heterocycles. The second kappa shape index (κ2) is 3.67. The molecule has 9 heteroatoms. The fourth-order valence-electron chi connectivity index (χ4n) is 1.00. The van der Waals surface area contributed by atoms with Crippen molar-refractivity contribution < 1.29 is 17.2 Å². The van der Waals surface area contributed by atoms with Crippen LogP contribution in [0.3, 0.4) is 0 Å². The Morgan fingerprint density at radius 3 is 2.33 bits per heavy atom. The van der Waals surface area contributed by atoms with Gasteiger partial charge in [0.2, 0.25) is 5.82 Å². The van der Waals surface area contributed by atoms with Crippen molar-refractivity contribution in [2.24, 2.45) is 7.05 Å². The maximum absolute atomic E-state index is 13.2. The molecule has 0 aliphatic rings. The van der Waals surface area contributed by atoms with Crippen LogP contribution in [0.15, 0.2) is 5.16 Å². The smallest absolute Gasteiger partial charge is 0.299 e. The molecule has 0 saturated carbocycles. The molecule has 0 spiro atoms. The zero-order valence-corrected chi connectivity index (χ0v) is 9.48. The Bertz CT molecular complexity index is 471. The van der Waals surface area contributed by atoms with E-state index in [9.17, 15) is 17.2 Å². The van der Waals surface area contributed by atoms with Crippen molar-refractivity contribution >= 4 is 19.7 Å². The number of halogens is 3. The van der Waals surface area contributed by atoms with Crippen LogP contribution in [0.4, 0.5) is 8.78 Å². The van der Waals surface area contributed by atoms with E-state index in [1.165, 1.54) is 6.92 Å². The van der Waals surface area contributed by atoms with Gasteiger partial charge in [0.25, 0.3) is 14.2 Å². The van der Waals surface area contributed by atoms with Gasteiger partial charge in [-0.2, -0.15) is 8.78 Å². The van der Waals surface area contributed by atoms with E-state index in [4.69, 9.17) is 10.7 Å². The lowest BCUT2D eigenvalue weighted by Crippen LogP contribution is -2.18. The SMILES string of the molecule is CCC(F)(F)c1nnc(S(=O)(=O)Cl)n1C. The van der Waals surface area contributed by atoms with Crippen LogP contribution in [-0.4, -0.2) is 23.2 Å². The lowest BCUT2D eigenvalue weighted by molar-refractivity contribution is -0.0208. The second-order valence-electron chi connectivity index (χ2n) is 2.86. The Hall–Kier alpha value is -0.760. The number of nitrogens with zero attached hydrogens (tertiary/aromatic N) is 3. The van der Waals surface area contributed by atoms with Gasteiger partial charge in [0.1, 0.15) is 0 Å². The number of alkyl halides is 2. The highest BCUT2D eigenvalue weighted by Gasteiger charge is 2.37. The molecule has 0 saturated heterocycles. The fourth-order valence-corrected chi connectivity index (χ4v) is 1.96. The van der Waals surface area contributed by atoms with E-state index < -0.39 is 32.4 Å². The van der Waals surface area contributed by atoms with Gasteiger partial charge in [0.15, 0.2) is 0 Å². The molecule has 0 atom stereocenters. The summed E-state index contributed by atoms with van der Waals surface area (Å²) in [5, 5.41) is 5.55. The monoisotopic (exact) mass is 259 g/mol. The summed E-state index contributed by atoms with van der Waals surface area (Å²) in [6.07, 6.45) is -0.499. The molecule has 1 heterocycles. The first-order chi connectivity index (χ1) is 6.70. The summed E-state index contributed by atoms with van der Waals surface area (Å²) in [5.41, 5.74) is 0. The van der Waals surface area contributed by atoms with E-state index in [0.29, 0.717) is 4.57 Å². The maximum atomic E-state index is 13.2. The molecule has 1 rings (SSSR count). The second-order valence-corrected chi connectivity index (χ2v) is 5.32. The van der Waals surface area contributed by atoms with Gasteiger partial charge < -0.3 is 0 Å². The number of hydrogen-bond acceptors (Lipinski definition) is 4. The topological polar surface area (TPSA) is 64.8 Å². The summed E-state index contributed by atoms with van der Waals surface area (Å²) in [5.74, 6) is -3.94. The van der Waals surface area contributed by atoms with E-state index >= 15 is 0 Å². The van der Waals surface area contributed by atoms with Gasteiger partial charge in [-0.3, -0.25) is 4.57 Å². The third kappa shape index (κ3) is 2.25. The molecule has 0 radical (unpaired) electrons. The molecule has 0 unspecified atom stereocenters. The van der Waals surface area contributed by atoms with E-state index in [0.717, 1.165) is 7.05 Å². The van der Waals surface area contributed by atoms with Crippen molar-refractivity contribution in [2.75, 3.05) is 0 Å². The van der Waals surface area contributed by atoms with Gasteiger partial charge in [0.05, 0.1) is 0 Å². The van der Waals surface area contributed by atoms with Crippen LogP contribution >= 0.6 is 10.7 Å². The predicted molar refractivity (Wildman–Crippen MR) is 48.2 cm³/mol. The van der Waals surface area contributed by atoms with Gasteiger partial charge in [-0.15, -0.1) is 10.2 Å². The maximum Gasteiger partial charge on any atom is 0.306 e. The van der Waals surface area contributed by atoms with E-state index in [2.05, 4.69) is 10.2 Å². The average Bonchev–Trinajstić information content (AvgIpc) is 2.46. The Labute approximate surface area is 89.5 Å². The molecule has 1 aromatic rings. The van der Waals surface area contributed by atoms with E-state index in [-0.39, 0.29) is 0 Å². The van der Waals surface area contributed by atoms with Crippen LogP contribution < -0.4 is 0 Å². The van der Waals surface area contributed by atoms with Crippen molar-refractivity contribution in [3.8, 4) is 0 Å². The first-order valence-electron chi connectivity index (χ1n) is 3.92. The lowest BCUT2D eigenvalue weighted by atomic mass is 10.2. The normalized spacial score (nSPS) is 13.1. The Kier molecular flexibility index (Phi) is 3.01. The quantitative estimate of drug-likeness (QED) is 0.766. The van der Waals surface area contributed by atoms with Crippen LogP contribution in [0.2, 0.25) is 0 Å². The highest BCUT2D eigenvalue weighted by atomic mass is 35.7. The van der Waals surface area contributed by atoms with Crippen molar-refractivity contribution in [1.29, 1.82) is 0 Å². The van der Waals surface area contributed by atoms with E-state index in [1.807, 2.05) is 0 Å². The molecule has 0 amide bonds. The highest BCUT2D eigenvalue weighted by molar-refractivity contribution is 8.13. The average molecular weight is 260 g/mol. The van der Waals surface area contributed by atoms with Crippen molar-refractivity contribution in [3.05, 3.63) is 5.82 Å². The molecule has 5 nitrogen and oxygen atoms in total. The predicted octanol–water partition coefficient (Wildman–Crippen LogP) is 1.24. The first-order valence-corrected chi connectivity index (χ1v) is 6.23. The zero-order chi connectivity index (χ0) is 11.9. The number of rotatable bonds is 3. The van der Waals surface area contributed by atoms with Gasteiger partial charge in [0, 0.05) is 24.2 Å². The summed E-state index contributed by atoms with van der Waals surface area (Å²) in [6.45, 7) is 1.25. The van der Waals surface area contributed by atoms with Gasteiger partial charge in [-0.05, 0) is 0 Å². The molecule has 0 N–H and O–H groups in total. The Balaban J connectivity index is 3.34. The third-order valence-corrected chi connectivity index (χ3v) is 3.03. The summed E-state index contributed by atoms with van der Waals surface area (Å²) < 4.78 is 48.8. The van der Waals surface area contributed by atoms with Crippen LogP contribution in [0, 0.1) is 0 Å². The van der Waals surface area contributed by atoms with Crippen molar-refractivity contribution in [2.45, 2.75) is 24.4 Å². The Morgan fingerprint density at radius 2 is 2.00 bits per heavy atom. The molecule has 0 aliphatic carbocycles. The molecule has 0 fully saturated rings. The van der Waals surface area contributed by atoms with Crippen molar-refractivity contribution in [1.82, 2.24) is 14.8 Å². The minimum absolute atomic E-state index is 0.499. The van der Waals surface area contributed by atoms with Crippen LogP contribution in [0.5, 0.6) is 0 Å². The molecular weight excluding hydrogens is 252 g/mol. The third-order valence-electron chi connectivity index (χ3n) is 1.82. The summed E-state index contributed by atoms with van der Waals surface area (Å²) in [7, 11) is 1.94. The minimum Gasteiger partial charge on any atom is -0.299 e. The number of hydrogen-bond donors (Lipinski definition) is 0. The van der Waals surface area contributed by atoms with Crippen molar-refractivity contribution in [3.63, 3.8) is 0 Å². The van der Waals surface area contributed by atoms with Gasteiger partial charge in [-0.25, -0.2) is 8.42 Å². The van der Waals surface area contributed by atoms with Crippen LogP contribution in [0.25, 0.3) is 0 Å². The lowest BCUT2D eigenvalue weighted by Gasteiger charge is -2.12. The highest BCUT2D eigenvalue weighted by Crippen LogP contribution is 2.30. The van der Waals surface area contributed by atoms with E-state index in [1.54, 1.807) is 0 Å². The number of aromatic nitrogens is 3. The standard InChI is InChI=1S/C6H8ClF2N3O2S/c1-3-6(8,9)4-10-11-5(12(4)2)15(7,13)14/h3H2,1-2H3. The summed E-state index contributed by atoms with van der Waals surface area (Å²) in [4.78, 5) is 0. The minimum atomic E-state index is -4.15. The van der Waals surface area contributed by atoms with Gasteiger partial charge in [-0.1, -0.05) is 6.92 Å². The fraction of sp³-hybridized carbons (Fsp3) is 0.667. The molecule has 0 aromatic carbocycles. The van der Waals surface area contributed by atoms with Crippen LogP contribution in [0.1, 0.15) is 19.2 Å². The molecule has 1 aromatic heterocycles. The largest absolute Gasteiger partial charge is 0.306 e. The Morgan fingerprint density at radius 1 is 1.47 bits per heavy atom.